The number of hydrogen-bond acceptors (Lipinski definition) is 10. The van der Waals surface area contributed by atoms with E-state index in [2.05, 4.69) is 26.1 Å². The van der Waals surface area contributed by atoms with Crippen molar-refractivity contribution < 1.29 is 98.2 Å². The van der Waals surface area contributed by atoms with Crippen LogP contribution >= 0.6 is 0 Å². The molecule has 11 atom stereocenters. The predicted octanol–water partition coefficient (Wildman–Crippen LogP) is -1.00. The van der Waals surface area contributed by atoms with Crippen LogP contribution < -0.4 is 64.4 Å². The molecule has 15 heteroatoms. The van der Waals surface area contributed by atoms with E-state index in [-0.39, 0.29) is 111 Å². The molecule has 1 aliphatic heterocycles. The first kappa shape index (κ1) is 44.6. The molecule has 1 amide bonds. The van der Waals surface area contributed by atoms with Crippen molar-refractivity contribution in [3.8, 4) is 0 Å². The number of amides is 1. The summed E-state index contributed by atoms with van der Waals surface area (Å²) in [7, 11) is -9.67. The predicted molar refractivity (Wildman–Crippen MR) is 175 cm³/mol. The van der Waals surface area contributed by atoms with Crippen LogP contribution in [-0.4, -0.2) is 74.6 Å². The molecule has 1 saturated heterocycles. The van der Waals surface area contributed by atoms with Gasteiger partial charge in [0, 0.05) is 25.6 Å². The summed E-state index contributed by atoms with van der Waals surface area (Å²) in [6, 6.07) is 0.323. The first-order valence-corrected chi connectivity index (χ1v) is 20.9. The van der Waals surface area contributed by atoms with Gasteiger partial charge in [-0.3, -0.25) is 13.2 Å². The van der Waals surface area contributed by atoms with Crippen LogP contribution in [0.1, 0.15) is 118 Å². The maximum Gasteiger partial charge on any atom is 1.00 e. The molecule has 0 radical (unpaired) electrons. The Morgan fingerprint density at radius 2 is 1.59 bits per heavy atom. The molecule has 1 N–H and O–H groups in total. The normalized spacial score (nSPS) is 37.4. The summed E-state index contributed by atoms with van der Waals surface area (Å²) in [5.74, 6) is 1.54. The van der Waals surface area contributed by atoms with Crippen LogP contribution in [0.15, 0.2) is 0 Å². The van der Waals surface area contributed by atoms with Crippen molar-refractivity contribution >= 4 is 26.7 Å². The summed E-state index contributed by atoms with van der Waals surface area (Å²) in [4.78, 5) is 13.9. The molecule has 4 saturated carbocycles. The molecule has 0 unspecified atom stereocenters. The fourth-order valence-corrected chi connectivity index (χ4v) is 12.5. The standard InChI is InChI=1S/C34H60N2O9S2.2Na/c1-22(2)29(44-46(38,39)40)12-9-23(3)26-10-11-27-32-28(14-16-34(26,27)5)33(4)15-13-25(20-24(33)21-30(32)45-47(41,42)43)35-17-7-19-36-18-6-8-31(36)37;;/h22-30,32,35H,6-21H2,1-5H3,(H,38,39,40)(H,41,42,43);;/q;2*+1/p-2/t23-,24-,25+,26-,27+,28+,29-,30-,32+,33+,34-;;/m1../s1. The number of nitrogens with zero attached hydrogens (tertiary/aromatic N) is 1. The van der Waals surface area contributed by atoms with Gasteiger partial charge < -0.3 is 19.3 Å². The third kappa shape index (κ3) is 10.5. The van der Waals surface area contributed by atoms with E-state index in [1.165, 1.54) is 0 Å². The van der Waals surface area contributed by atoms with Crippen molar-refractivity contribution in [3.05, 3.63) is 0 Å². The summed E-state index contributed by atoms with van der Waals surface area (Å²) in [6.45, 7) is 13.2. The van der Waals surface area contributed by atoms with Gasteiger partial charge in [0.15, 0.2) is 0 Å². The molecule has 11 nitrogen and oxygen atoms in total. The Bertz CT molecular complexity index is 1340. The molecule has 1 heterocycles. The molecule has 0 aromatic carbocycles. The zero-order chi connectivity index (χ0) is 34.4. The van der Waals surface area contributed by atoms with Crippen molar-refractivity contribution in [2.75, 3.05) is 19.6 Å². The minimum Gasteiger partial charge on any atom is -0.726 e. The molecule has 5 fully saturated rings. The number of hydrogen-bond donors (Lipinski definition) is 1. The average molecular weight is 749 g/mol. The molecule has 0 spiro atoms. The van der Waals surface area contributed by atoms with Crippen LogP contribution in [0.25, 0.3) is 0 Å². The van der Waals surface area contributed by atoms with Gasteiger partial charge in [0.05, 0.1) is 12.2 Å². The minimum absolute atomic E-state index is 0. The number of carbonyl (C=O) groups is 1. The topological polar surface area (TPSA) is 165 Å². The van der Waals surface area contributed by atoms with Crippen molar-refractivity contribution in [1.82, 2.24) is 10.2 Å². The fourth-order valence-electron chi connectivity index (χ4n) is 11.4. The van der Waals surface area contributed by atoms with E-state index < -0.39 is 33.0 Å². The van der Waals surface area contributed by atoms with Crippen LogP contribution in [0.2, 0.25) is 0 Å². The van der Waals surface area contributed by atoms with Gasteiger partial charge in [0.1, 0.15) is 0 Å². The second kappa shape index (κ2) is 17.8. The molecule has 0 bridgehead atoms. The summed E-state index contributed by atoms with van der Waals surface area (Å²) in [5, 5.41) is 3.73. The molecule has 4 aliphatic carbocycles. The van der Waals surface area contributed by atoms with Gasteiger partial charge in [0.2, 0.25) is 26.7 Å². The SMILES string of the molecule is CC(C)[C@@H](CC[C@@H](C)[C@H]1CC[C@H]2[C@@H]3[C@H](OS(=O)(=O)[O-])C[C@H]4C[C@@H](NCCCN5CCCC5=O)CC[C@]4(C)[C@H]3CC[C@]12C)OS(=O)(=O)[O-].[Na+].[Na+]. The monoisotopic (exact) mass is 748 g/mol. The fraction of sp³-hybridized carbons (Fsp3) is 0.971. The largest absolute Gasteiger partial charge is 1.00 e. The van der Waals surface area contributed by atoms with E-state index in [4.69, 9.17) is 8.37 Å². The van der Waals surface area contributed by atoms with E-state index >= 15 is 0 Å². The van der Waals surface area contributed by atoms with Gasteiger partial charge in [-0.25, -0.2) is 16.8 Å². The molecule has 49 heavy (non-hydrogen) atoms. The van der Waals surface area contributed by atoms with E-state index in [0.29, 0.717) is 31.2 Å². The van der Waals surface area contributed by atoms with Crippen molar-refractivity contribution in [1.29, 1.82) is 0 Å². The number of nitrogens with one attached hydrogen (secondary N) is 1. The Kier molecular flexibility index (Phi) is 16.1. The quantitative estimate of drug-likeness (QED) is 0.101. The van der Waals surface area contributed by atoms with Gasteiger partial charge in [-0.1, -0.05) is 34.6 Å². The first-order chi connectivity index (χ1) is 21.9. The van der Waals surface area contributed by atoms with Gasteiger partial charge in [-0.2, -0.15) is 0 Å². The average Bonchev–Trinajstić information content (AvgIpc) is 3.54. The van der Waals surface area contributed by atoms with E-state index in [9.17, 15) is 30.7 Å². The molecule has 0 aromatic heterocycles. The number of rotatable bonds is 14. The van der Waals surface area contributed by atoms with E-state index in [1.54, 1.807) is 0 Å². The maximum atomic E-state index is 12.1. The van der Waals surface area contributed by atoms with Crippen LogP contribution in [0, 0.1) is 52.3 Å². The number of fused-ring (bicyclic) bond motifs is 5. The number of likely N-dealkylation sites (tertiary alicyclic amines) is 1. The third-order valence-corrected chi connectivity index (χ3v) is 14.7. The zero-order valence-corrected chi connectivity index (χ0v) is 36.7. The van der Waals surface area contributed by atoms with E-state index in [1.807, 2.05) is 18.7 Å². The minimum atomic E-state index is -4.88. The molecule has 272 valence electrons. The number of carbonyl (C=O) groups excluding carboxylic acids is 1. The Hall–Kier alpha value is 1.17. The molecular weight excluding hydrogens is 690 g/mol. The summed E-state index contributed by atoms with van der Waals surface area (Å²) < 4.78 is 80.8. The van der Waals surface area contributed by atoms with Crippen LogP contribution in [-0.2, 0) is 34.0 Å². The van der Waals surface area contributed by atoms with Gasteiger partial charge >= 0.3 is 59.1 Å². The summed E-state index contributed by atoms with van der Waals surface area (Å²) in [5.41, 5.74) is 0.000312. The molecule has 5 rings (SSSR count). The van der Waals surface area contributed by atoms with Crippen LogP contribution in [0.5, 0.6) is 0 Å². The van der Waals surface area contributed by atoms with Crippen molar-refractivity contribution in [3.63, 3.8) is 0 Å². The molecule has 0 aromatic rings. The second-order valence-electron chi connectivity index (χ2n) is 16.6. The summed E-state index contributed by atoms with van der Waals surface area (Å²) >= 11 is 0. The second-order valence-corrected chi connectivity index (χ2v) is 18.6. The Balaban J connectivity index is 0.00000325. The van der Waals surface area contributed by atoms with Gasteiger partial charge in [0.25, 0.3) is 0 Å². The maximum absolute atomic E-state index is 12.1. The van der Waals surface area contributed by atoms with Crippen molar-refractivity contribution in [2.45, 2.75) is 136 Å². The summed E-state index contributed by atoms with van der Waals surface area (Å²) in [6.07, 6.45) is 10.0. The van der Waals surface area contributed by atoms with Gasteiger partial charge in [-0.15, -0.1) is 0 Å². The van der Waals surface area contributed by atoms with Crippen LogP contribution in [0.4, 0.5) is 0 Å². The molecule has 5 aliphatic rings. The Morgan fingerprint density at radius 3 is 2.20 bits per heavy atom. The third-order valence-electron chi connectivity index (χ3n) is 13.8. The van der Waals surface area contributed by atoms with E-state index in [0.717, 1.165) is 83.8 Å². The van der Waals surface area contributed by atoms with Crippen molar-refractivity contribution in [2.24, 2.45) is 52.3 Å². The molecular formula is C34H58N2Na2O9S2. The Morgan fingerprint density at radius 1 is 0.918 bits per heavy atom. The van der Waals surface area contributed by atoms with Gasteiger partial charge in [-0.05, 0) is 136 Å². The zero-order valence-electron chi connectivity index (χ0n) is 31.0. The first-order valence-electron chi connectivity index (χ1n) is 18.2. The smallest absolute Gasteiger partial charge is 0.726 e. The Labute approximate surface area is 340 Å². The van der Waals surface area contributed by atoms with Crippen LogP contribution in [0.3, 0.4) is 0 Å².